The van der Waals surface area contributed by atoms with Crippen molar-refractivity contribution in [3.05, 3.63) is 88.4 Å². The molecule has 0 saturated carbocycles. The molecule has 0 aliphatic rings. The summed E-state index contributed by atoms with van der Waals surface area (Å²) in [6.07, 6.45) is 0.872. The van der Waals surface area contributed by atoms with Crippen LogP contribution in [0.15, 0.2) is 66.0 Å². The van der Waals surface area contributed by atoms with Gasteiger partial charge in [0.25, 0.3) is 5.91 Å². The monoisotopic (exact) mass is 401 g/mol. The molecule has 0 atom stereocenters. The maximum atomic E-state index is 11.9. The van der Waals surface area contributed by atoms with Crippen molar-refractivity contribution in [1.29, 1.82) is 0 Å². The van der Waals surface area contributed by atoms with Gasteiger partial charge in [0.15, 0.2) is 0 Å². The number of carbonyl (C=O) groups is 1. The van der Waals surface area contributed by atoms with E-state index < -0.39 is 5.91 Å². The highest BCUT2D eigenvalue weighted by Gasteiger charge is 2.19. The molecule has 2 heterocycles. The molecule has 0 unspecified atom stereocenters. The van der Waals surface area contributed by atoms with E-state index in [4.69, 9.17) is 10.7 Å². The number of amides is 1. The van der Waals surface area contributed by atoms with Crippen molar-refractivity contribution in [2.24, 2.45) is 5.73 Å². The minimum Gasteiger partial charge on any atom is -0.366 e. The van der Waals surface area contributed by atoms with Crippen LogP contribution < -0.4 is 5.73 Å². The van der Waals surface area contributed by atoms with Crippen LogP contribution >= 0.6 is 11.3 Å². The average molecular weight is 402 g/mol. The van der Waals surface area contributed by atoms with Crippen LogP contribution in [-0.4, -0.2) is 15.5 Å². The minimum absolute atomic E-state index is 0.406. The second kappa shape index (κ2) is 8.05. The summed E-state index contributed by atoms with van der Waals surface area (Å²) in [5.41, 5.74) is 12.5. The topological polar surface area (TPSA) is 60.9 Å². The number of aromatic nitrogens is 2. The maximum absolute atomic E-state index is 11.9. The maximum Gasteiger partial charge on any atom is 0.250 e. The van der Waals surface area contributed by atoms with Crippen LogP contribution in [-0.2, 0) is 13.0 Å². The van der Waals surface area contributed by atoms with E-state index in [9.17, 15) is 4.79 Å². The van der Waals surface area contributed by atoms with Crippen molar-refractivity contribution < 1.29 is 4.79 Å². The zero-order valence-electron chi connectivity index (χ0n) is 16.6. The molecular weight excluding hydrogens is 378 g/mol. The molecule has 0 aliphatic carbocycles. The lowest BCUT2D eigenvalue weighted by Gasteiger charge is -2.11. The molecule has 0 saturated heterocycles. The Labute approximate surface area is 174 Å². The Morgan fingerprint density at radius 3 is 2.48 bits per heavy atom. The molecule has 29 heavy (non-hydrogen) atoms. The van der Waals surface area contributed by atoms with Gasteiger partial charge in [-0.05, 0) is 31.9 Å². The highest BCUT2D eigenvalue weighted by molar-refractivity contribution is 7.13. The molecular formula is C24H23N3OS. The zero-order valence-corrected chi connectivity index (χ0v) is 17.4. The second-order valence-corrected chi connectivity index (χ2v) is 8.04. The number of primary amides is 1. The number of nitrogens with two attached hydrogens (primary N) is 1. The Bertz CT molecular complexity index is 1140. The van der Waals surface area contributed by atoms with Gasteiger partial charge in [-0.2, -0.15) is 0 Å². The summed E-state index contributed by atoms with van der Waals surface area (Å²) >= 11 is 1.61. The van der Waals surface area contributed by atoms with Crippen LogP contribution in [0.25, 0.3) is 22.0 Å². The molecule has 0 radical (unpaired) electrons. The third-order valence-corrected chi connectivity index (χ3v) is 6.06. The van der Waals surface area contributed by atoms with Gasteiger partial charge in [-0.1, -0.05) is 60.2 Å². The predicted octanol–water partition coefficient (Wildman–Crippen LogP) is 5.24. The summed E-state index contributed by atoms with van der Waals surface area (Å²) < 4.78 is 2.16. The number of benzene rings is 2. The van der Waals surface area contributed by atoms with E-state index in [0.29, 0.717) is 5.56 Å². The van der Waals surface area contributed by atoms with Gasteiger partial charge >= 0.3 is 0 Å². The molecule has 146 valence electrons. The average Bonchev–Trinajstić information content (AvgIpc) is 3.33. The summed E-state index contributed by atoms with van der Waals surface area (Å²) in [5.74, 6) is -0.406. The summed E-state index contributed by atoms with van der Waals surface area (Å²) in [6.45, 7) is 4.79. The van der Waals surface area contributed by atoms with Gasteiger partial charge in [0.1, 0.15) is 5.01 Å². The van der Waals surface area contributed by atoms with E-state index in [0.717, 1.165) is 40.6 Å². The quantitative estimate of drug-likeness (QED) is 0.480. The molecule has 5 heteroatoms. The molecule has 0 bridgehead atoms. The number of hydrogen-bond donors (Lipinski definition) is 1. The first-order valence-electron chi connectivity index (χ1n) is 9.59. The first-order valence-corrected chi connectivity index (χ1v) is 10.5. The van der Waals surface area contributed by atoms with Crippen molar-refractivity contribution in [2.45, 2.75) is 26.8 Å². The first kappa shape index (κ1) is 19.2. The lowest BCUT2D eigenvalue weighted by Crippen LogP contribution is -2.13. The van der Waals surface area contributed by atoms with Gasteiger partial charge in [-0.15, -0.1) is 11.3 Å². The van der Waals surface area contributed by atoms with Crippen LogP contribution in [0.1, 0.15) is 27.2 Å². The van der Waals surface area contributed by atoms with E-state index >= 15 is 0 Å². The number of aryl methyl sites for hydroxylation is 2. The van der Waals surface area contributed by atoms with E-state index in [1.807, 2.05) is 36.6 Å². The Balaban J connectivity index is 1.69. The normalized spacial score (nSPS) is 11.0. The molecule has 4 rings (SSSR count). The van der Waals surface area contributed by atoms with Gasteiger partial charge in [0, 0.05) is 23.2 Å². The lowest BCUT2D eigenvalue weighted by atomic mass is 10.1. The van der Waals surface area contributed by atoms with Crippen molar-refractivity contribution in [3.8, 4) is 22.0 Å². The highest BCUT2D eigenvalue weighted by Crippen LogP contribution is 2.31. The molecule has 0 fully saturated rings. The van der Waals surface area contributed by atoms with Gasteiger partial charge in [-0.25, -0.2) is 4.98 Å². The minimum atomic E-state index is -0.406. The second-order valence-electron chi connectivity index (χ2n) is 7.18. The van der Waals surface area contributed by atoms with Crippen molar-refractivity contribution in [2.75, 3.05) is 0 Å². The van der Waals surface area contributed by atoms with E-state index in [1.165, 1.54) is 11.1 Å². The molecule has 0 aliphatic heterocycles. The van der Waals surface area contributed by atoms with E-state index in [1.54, 1.807) is 11.3 Å². The summed E-state index contributed by atoms with van der Waals surface area (Å²) in [5, 5.41) is 3.01. The van der Waals surface area contributed by atoms with Crippen LogP contribution in [0.3, 0.4) is 0 Å². The lowest BCUT2D eigenvalue weighted by molar-refractivity contribution is 0.0999. The van der Waals surface area contributed by atoms with Gasteiger partial charge in [0.2, 0.25) is 0 Å². The van der Waals surface area contributed by atoms with Crippen molar-refractivity contribution >= 4 is 17.2 Å². The SMILES string of the molecule is Cc1ccc(CCn2c(-c3csc(-c4ccccc4)n3)cc(C(N)=O)c2C)cc1. The Kier molecular flexibility index (Phi) is 5.32. The number of thiazole rings is 1. The number of carbonyl (C=O) groups excluding carboxylic acids is 1. The first-order chi connectivity index (χ1) is 14.0. The molecule has 2 aromatic carbocycles. The van der Waals surface area contributed by atoms with Gasteiger partial charge in [0.05, 0.1) is 17.0 Å². The highest BCUT2D eigenvalue weighted by atomic mass is 32.1. The molecule has 0 spiro atoms. The number of nitrogens with zero attached hydrogens (tertiary/aromatic N) is 2. The van der Waals surface area contributed by atoms with Crippen LogP contribution in [0.4, 0.5) is 0 Å². The fourth-order valence-corrected chi connectivity index (χ4v) is 4.32. The summed E-state index contributed by atoms with van der Waals surface area (Å²) in [4.78, 5) is 16.8. The fraction of sp³-hybridized carbons (Fsp3) is 0.167. The molecule has 1 amide bonds. The molecule has 4 aromatic rings. The Morgan fingerprint density at radius 2 is 1.79 bits per heavy atom. The molecule has 2 aromatic heterocycles. The molecule has 2 N–H and O–H groups in total. The Morgan fingerprint density at radius 1 is 1.07 bits per heavy atom. The predicted molar refractivity (Wildman–Crippen MR) is 119 cm³/mol. The van der Waals surface area contributed by atoms with Crippen molar-refractivity contribution in [3.63, 3.8) is 0 Å². The van der Waals surface area contributed by atoms with Crippen molar-refractivity contribution in [1.82, 2.24) is 9.55 Å². The number of rotatable bonds is 6. The largest absolute Gasteiger partial charge is 0.366 e. The van der Waals surface area contributed by atoms with Gasteiger partial charge in [-0.3, -0.25) is 4.79 Å². The standard InChI is InChI=1S/C24H23N3OS/c1-16-8-10-18(11-9-16)12-13-27-17(2)20(23(25)28)14-22(27)21-15-29-24(26-21)19-6-4-3-5-7-19/h3-11,14-15H,12-13H2,1-2H3,(H2,25,28). The zero-order chi connectivity index (χ0) is 20.4. The third kappa shape index (κ3) is 4.00. The van der Waals surface area contributed by atoms with Crippen LogP contribution in [0.5, 0.6) is 0 Å². The summed E-state index contributed by atoms with van der Waals surface area (Å²) in [7, 11) is 0. The van der Waals surface area contributed by atoms with Crippen LogP contribution in [0.2, 0.25) is 0 Å². The van der Waals surface area contributed by atoms with Gasteiger partial charge < -0.3 is 10.3 Å². The van der Waals surface area contributed by atoms with Crippen LogP contribution in [0, 0.1) is 13.8 Å². The summed E-state index contributed by atoms with van der Waals surface area (Å²) in [6, 6.07) is 20.6. The fourth-order valence-electron chi connectivity index (χ4n) is 3.50. The number of hydrogen-bond acceptors (Lipinski definition) is 3. The molecule has 4 nitrogen and oxygen atoms in total. The van der Waals surface area contributed by atoms with E-state index in [-0.39, 0.29) is 0 Å². The smallest absolute Gasteiger partial charge is 0.250 e. The third-order valence-electron chi connectivity index (χ3n) is 5.16. The Hall–Kier alpha value is -3.18. The van der Waals surface area contributed by atoms with E-state index in [2.05, 4.69) is 47.9 Å².